The van der Waals surface area contributed by atoms with Gasteiger partial charge in [0.25, 0.3) is 0 Å². The Morgan fingerprint density at radius 2 is 1.47 bits per heavy atom. The summed E-state index contributed by atoms with van der Waals surface area (Å²) in [6, 6.07) is 0. The van der Waals surface area contributed by atoms with Gasteiger partial charge in [-0.15, -0.1) is 0 Å². The maximum Gasteiger partial charge on any atom is 0.315 e. The number of carbonyl (C=O) groups excluding carboxylic acids is 2. The molecular weight excluding hydrogens is 242 g/mol. The molecule has 0 aliphatic rings. The highest BCUT2D eigenvalue weighted by Gasteiger charge is 2.08. The Bertz CT molecular complexity index is 242. The highest BCUT2D eigenvalue weighted by Crippen LogP contribution is 2.07. The van der Waals surface area contributed by atoms with Crippen molar-refractivity contribution in [3.63, 3.8) is 0 Å². The van der Waals surface area contributed by atoms with Crippen molar-refractivity contribution in [2.75, 3.05) is 13.2 Å². The van der Waals surface area contributed by atoms with Crippen LogP contribution < -0.4 is 5.32 Å². The molecule has 0 aliphatic heterocycles. The second-order valence-electron chi connectivity index (χ2n) is 4.81. The fourth-order valence-corrected chi connectivity index (χ4v) is 1.89. The van der Waals surface area contributed by atoms with Crippen molar-refractivity contribution >= 4 is 11.9 Å². The van der Waals surface area contributed by atoms with Gasteiger partial charge in [-0.2, -0.15) is 0 Å². The highest BCUT2D eigenvalue weighted by molar-refractivity contribution is 5.94. The molecule has 0 aromatic heterocycles. The Hall–Kier alpha value is -1.06. The predicted molar refractivity (Wildman–Crippen MR) is 76.9 cm³/mol. The van der Waals surface area contributed by atoms with Crippen molar-refractivity contribution < 1.29 is 14.3 Å². The number of amides is 1. The van der Waals surface area contributed by atoms with Crippen LogP contribution in [0, 0.1) is 0 Å². The van der Waals surface area contributed by atoms with E-state index in [0.717, 1.165) is 12.8 Å². The molecule has 0 saturated carbocycles. The SMILES string of the molecule is CCCCCCCCCCNC(=O)CC(=O)OCC. The van der Waals surface area contributed by atoms with Crippen molar-refractivity contribution in [1.82, 2.24) is 5.32 Å². The zero-order valence-electron chi connectivity index (χ0n) is 12.5. The molecule has 0 unspecified atom stereocenters. The van der Waals surface area contributed by atoms with Gasteiger partial charge in [0.15, 0.2) is 0 Å². The lowest BCUT2D eigenvalue weighted by atomic mass is 10.1. The van der Waals surface area contributed by atoms with Crippen LogP contribution in [0.5, 0.6) is 0 Å². The topological polar surface area (TPSA) is 55.4 Å². The van der Waals surface area contributed by atoms with Gasteiger partial charge in [-0.3, -0.25) is 9.59 Å². The molecule has 0 spiro atoms. The minimum absolute atomic E-state index is 0.162. The van der Waals surface area contributed by atoms with Gasteiger partial charge in [0, 0.05) is 6.54 Å². The van der Waals surface area contributed by atoms with Crippen molar-refractivity contribution in [2.24, 2.45) is 0 Å². The number of esters is 1. The van der Waals surface area contributed by atoms with E-state index in [2.05, 4.69) is 12.2 Å². The molecule has 0 saturated heterocycles. The molecule has 4 nitrogen and oxygen atoms in total. The smallest absolute Gasteiger partial charge is 0.315 e. The van der Waals surface area contributed by atoms with Crippen LogP contribution in [-0.4, -0.2) is 25.0 Å². The summed E-state index contributed by atoms with van der Waals surface area (Å²) < 4.78 is 4.70. The van der Waals surface area contributed by atoms with Crippen LogP contribution in [0.25, 0.3) is 0 Å². The number of hydrogen-bond donors (Lipinski definition) is 1. The maximum atomic E-state index is 11.3. The molecule has 0 bridgehead atoms. The first-order valence-electron chi connectivity index (χ1n) is 7.63. The van der Waals surface area contributed by atoms with Crippen LogP contribution >= 0.6 is 0 Å². The quantitative estimate of drug-likeness (QED) is 0.337. The van der Waals surface area contributed by atoms with Crippen LogP contribution in [0.15, 0.2) is 0 Å². The van der Waals surface area contributed by atoms with E-state index in [1.54, 1.807) is 6.92 Å². The number of carbonyl (C=O) groups is 2. The van der Waals surface area contributed by atoms with Gasteiger partial charge in [0.1, 0.15) is 6.42 Å². The number of hydrogen-bond acceptors (Lipinski definition) is 3. The average Bonchev–Trinajstić information content (AvgIpc) is 2.37. The molecule has 112 valence electrons. The summed E-state index contributed by atoms with van der Waals surface area (Å²) in [6.45, 7) is 4.94. The van der Waals surface area contributed by atoms with Crippen LogP contribution in [0.2, 0.25) is 0 Å². The monoisotopic (exact) mass is 271 g/mol. The predicted octanol–water partition coefficient (Wildman–Crippen LogP) is 3.20. The summed E-state index contributed by atoms with van der Waals surface area (Å²) in [5.41, 5.74) is 0. The molecule has 1 N–H and O–H groups in total. The Morgan fingerprint density at radius 3 is 2.05 bits per heavy atom. The van der Waals surface area contributed by atoms with Crippen molar-refractivity contribution in [3.05, 3.63) is 0 Å². The van der Waals surface area contributed by atoms with Gasteiger partial charge >= 0.3 is 5.97 Å². The molecule has 0 radical (unpaired) electrons. The zero-order chi connectivity index (χ0) is 14.3. The van der Waals surface area contributed by atoms with Gasteiger partial charge in [-0.25, -0.2) is 0 Å². The number of ether oxygens (including phenoxy) is 1. The molecule has 0 rings (SSSR count). The molecule has 0 aromatic carbocycles. The molecule has 0 atom stereocenters. The van der Waals surface area contributed by atoms with E-state index < -0.39 is 5.97 Å². The standard InChI is InChI=1S/C15H29NO3/c1-3-5-6-7-8-9-10-11-12-16-14(17)13-15(18)19-4-2/h3-13H2,1-2H3,(H,16,17). The van der Waals surface area contributed by atoms with Crippen LogP contribution in [-0.2, 0) is 14.3 Å². The van der Waals surface area contributed by atoms with E-state index in [1.165, 1.54) is 38.5 Å². The summed E-state index contributed by atoms with van der Waals surface area (Å²) in [6.07, 6.45) is 9.78. The summed E-state index contributed by atoms with van der Waals surface area (Å²) in [4.78, 5) is 22.4. The maximum absolute atomic E-state index is 11.3. The number of rotatable bonds is 12. The van der Waals surface area contributed by atoms with E-state index in [0.29, 0.717) is 13.2 Å². The van der Waals surface area contributed by atoms with E-state index in [1.807, 2.05) is 0 Å². The molecule has 0 heterocycles. The lowest BCUT2D eigenvalue weighted by molar-refractivity contribution is -0.145. The van der Waals surface area contributed by atoms with Gasteiger partial charge in [0.05, 0.1) is 6.61 Å². The van der Waals surface area contributed by atoms with Gasteiger partial charge in [-0.05, 0) is 13.3 Å². The third-order valence-corrected chi connectivity index (χ3v) is 2.96. The fourth-order valence-electron chi connectivity index (χ4n) is 1.89. The minimum Gasteiger partial charge on any atom is -0.466 e. The molecule has 1 amide bonds. The molecule has 0 aromatic rings. The van der Waals surface area contributed by atoms with Crippen molar-refractivity contribution in [3.8, 4) is 0 Å². The van der Waals surface area contributed by atoms with Crippen molar-refractivity contribution in [2.45, 2.75) is 71.6 Å². The first kappa shape index (κ1) is 17.9. The summed E-state index contributed by atoms with van der Waals surface area (Å²) in [7, 11) is 0. The fraction of sp³-hybridized carbons (Fsp3) is 0.867. The van der Waals surface area contributed by atoms with E-state index >= 15 is 0 Å². The number of nitrogens with one attached hydrogen (secondary N) is 1. The molecule has 4 heteroatoms. The van der Waals surface area contributed by atoms with Crippen molar-refractivity contribution in [1.29, 1.82) is 0 Å². The molecular formula is C15H29NO3. The first-order valence-corrected chi connectivity index (χ1v) is 7.63. The van der Waals surface area contributed by atoms with E-state index in [9.17, 15) is 9.59 Å². The third-order valence-electron chi connectivity index (χ3n) is 2.96. The zero-order valence-corrected chi connectivity index (χ0v) is 12.5. The second-order valence-corrected chi connectivity index (χ2v) is 4.81. The number of unbranched alkanes of at least 4 members (excludes halogenated alkanes) is 7. The van der Waals surface area contributed by atoms with Crippen LogP contribution in [0.1, 0.15) is 71.6 Å². The third kappa shape index (κ3) is 13.2. The Labute approximate surface area is 117 Å². The highest BCUT2D eigenvalue weighted by atomic mass is 16.5. The summed E-state index contributed by atoms with van der Waals surface area (Å²) >= 11 is 0. The second kappa shape index (κ2) is 13.4. The lowest BCUT2D eigenvalue weighted by Gasteiger charge is -2.05. The molecule has 19 heavy (non-hydrogen) atoms. The van der Waals surface area contributed by atoms with E-state index in [4.69, 9.17) is 4.74 Å². The average molecular weight is 271 g/mol. The normalized spacial score (nSPS) is 10.2. The first-order chi connectivity index (χ1) is 9.20. The van der Waals surface area contributed by atoms with Gasteiger partial charge in [-0.1, -0.05) is 51.9 Å². The summed E-state index contributed by atoms with van der Waals surface area (Å²) in [5.74, 6) is -0.683. The Morgan fingerprint density at radius 1 is 0.895 bits per heavy atom. The lowest BCUT2D eigenvalue weighted by Crippen LogP contribution is -2.27. The van der Waals surface area contributed by atoms with Gasteiger partial charge < -0.3 is 10.1 Å². The molecule has 0 fully saturated rings. The largest absolute Gasteiger partial charge is 0.466 e. The minimum atomic E-state index is -0.448. The van der Waals surface area contributed by atoms with E-state index in [-0.39, 0.29) is 12.3 Å². The molecule has 0 aliphatic carbocycles. The summed E-state index contributed by atoms with van der Waals surface area (Å²) in [5, 5.41) is 2.74. The Balaban J connectivity index is 3.25. The van der Waals surface area contributed by atoms with Crippen LogP contribution in [0.3, 0.4) is 0 Å². The Kier molecular flexibility index (Phi) is 12.6. The van der Waals surface area contributed by atoms with Crippen LogP contribution in [0.4, 0.5) is 0 Å². The van der Waals surface area contributed by atoms with Gasteiger partial charge in [0.2, 0.25) is 5.91 Å².